The zero-order chi connectivity index (χ0) is 15.2. The van der Waals surface area contributed by atoms with Crippen molar-refractivity contribution in [3.8, 4) is 11.5 Å². The van der Waals surface area contributed by atoms with Crippen LogP contribution in [0.25, 0.3) is 0 Å². The third-order valence-electron chi connectivity index (χ3n) is 3.14. The summed E-state index contributed by atoms with van der Waals surface area (Å²) in [5.74, 6) is 1.12. The highest BCUT2D eigenvalue weighted by Gasteiger charge is 2.13. The van der Waals surface area contributed by atoms with Gasteiger partial charge in [0.1, 0.15) is 5.75 Å². The third-order valence-corrected chi connectivity index (χ3v) is 3.14. The predicted octanol–water partition coefficient (Wildman–Crippen LogP) is 3.46. The molecular formula is C17H20N2O2. The Labute approximate surface area is 124 Å². The zero-order valence-electron chi connectivity index (χ0n) is 12.3. The number of aryl methyl sites for hydroxylation is 1. The fourth-order valence-corrected chi connectivity index (χ4v) is 1.88. The van der Waals surface area contributed by atoms with Gasteiger partial charge in [-0.3, -0.25) is 4.79 Å². The van der Waals surface area contributed by atoms with Gasteiger partial charge in [-0.25, -0.2) is 0 Å². The van der Waals surface area contributed by atoms with Gasteiger partial charge in [0.25, 0.3) is 0 Å². The lowest BCUT2D eigenvalue weighted by Gasteiger charge is -2.14. The summed E-state index contributed by atoms with van der Waals surface area (Å²) >= 11 is 0. The monoisotopic (exact) mass is 284 g/mol. The minimum atomic E-state index is -0.517. The van der Waals surface area contributed by atoms with E-state index in [-0.39, 0.29) is 5.91 Å². The minimum absolute atomic E-state index is 0.210. The lowest BCUT2D eigenvalue weighted by molar-refractivity contribution is -0.117. The van der Waals surface area contributed by atoms with Crippen molar-refractivity contribution < 1.29 is 9.53 Å². The van der Waals surface area contributed by atoms with Crippen LogP contribution in [-0.2, 0) is 4.79 Å². The van der Waals surface area contributed by atoms with Crippen molar-refractivity contribution >= 4 is 11.6 Å². The Morgan fingerprint density at radius 1 is 1.24 bits per heavy atom. The number of amides is 1. The predicted molar refractivity (Wildman–Crippen MR) is 84.6 cm³/mol. The van der Waals surface area contributed by atoms with E-state index in [4.69, 9.17) is 10.5 Å². The highest BCUT2D eigenvalue weighted by Crippen LogP contribution is 2.29. The average Bonchev–Trinajstić information content (AvgIpc) is 2.48. The molecule has 0 aliphatic rings. The maximum absolute atomic E-state index is 11.9. The molecule has 0 bridgehead atoms. The number of ether oxygens (including phenoxy) is 1. The normalized spacial score (nSPS) is 11.8. The molecule has 0 heterocycles. The zero-order valence-corrected chi connectivity index (χ0v) is 12.3. The number of benzene rings is 2. The summed E-state index contributed by atoms with van der Waals surface area (Å²) in [5, 5.41) is 2.81. The molecule has 0 aliphatic carbocycles. The van der Waals surface area contributed by atoms with Gasteiger partial charge in [0.05, 0.1) is 11.7 Å². The summed E-state index contributed by atoms with van der Waals surface area (Å²) in [7, 11) is 0. The fourth-order valence-electron chi connectivity index (χ4n) is 1.88. The molecule has 0 saturated heterocycles. The lowest BCUT2D eigenvalue weighted by atomic mass is 10.2. The molecule has 110 valence electrons. The first kappa shape index (κ1) is 15.1. The van der Waals surface area contributed by atoms with Gasteiger partial charge in [0.2, 0.25) is 5.91 Å². The Morgan fingerprint density at radius 2 is 2.00 bits per heavy atom. The second kappa shape index (κ2) is 6.90. The summed E-state index contributed by atoms with van der Waals surface area (Å²) in [6.45, 7) is 3.88. The number of carbonyl (C=O) groups excluding carboxylic acids is 1. The van der Waals surface area contributed by atoms with Crippen LogP contribution in [0, 0.1) is 6.92 Å². The molecule has 21 heavy (non-hydrogen) atoms. The van der Waals surface area contributed by atoms with E-state index in [1.165, 1.54) is 0 Å². The Kier molecular flexibility index (Phi) is 4.95. The van der Waals surface area contributed by atoms with Crippen molar-refractivity contribution in [2.24, 2.45) is 5.73 Å². The summed E-state index contributed by atoms with van der Waals surface area (Å²) in [6.07, 6.45) is 0.590. The molecule has 0 unspecified atom stereocenters. The number of nitrogens with one attached hydrogen (secondary N) is 1. The smallest absolute Gasteiger partial charge is 0.241 e. The van der Waals surface area contributed by atoms with E-state index in [1.807, 2.05) is 56.3 Å². The number of hydrogen-bond acceptors (Lipinski definition) is 3. The fraction of sp³-hybridized carbons (Fsp3) is 0.235. The van der Waals surface area contributed by atoms with Crippen molar-refractivity contribution in [3.63, 3.8) is 0 Å². The van der Waals surface area contributed by atoms with Gasteiger partial charge in [-0.2, -0.15) is 0 Å². The molecule has 1 atom stereocenters. The van der Waals surface area contributed by atoms with E-state index in [1.54, 1.807) is 6.07 Å². The quantitative estimate of drug-likeness (QED) is 0.883. The van der Waals surface area contributed by atoms with Crippen LogP contribution in [0.5, 0.6) is 11.5 Å². The van der Waals surface area contributed by atoms with Crippen molar-refractivity contribution in [1.29, 1.82) is 0 Å². The molecule has 2 rings (SSSR count). The topological polar surface area (TPSA) is 64.4 Å². The van der Waals surface area contributed by atoms with Gasteiger partial charge < -0.3 is 15.8 Å². The Bertz CT molecular complexity index is 626. The van der Waals surface area contributed by atoms with Gasteiger partial charge >= 0.3 is 0 Å². The molecule has 0 spiro atoms. The molecule has 1 amide bonds. The maximum atomic E-state index is 11.9. The van der Waals surface area contributed by atoms with Crippen LogP contribution in [0.1, 0.15) is 18.9 Å². The Balaban J connectivity index is 2.19. The SMILES string of the molecule is CC[C@@H](N)C(=O)Nc1ccccc1Oc1cccc(C)c1. The van der Waals surface area contributed by atoms with E-state index in [9.17, 15) is 4.79 Å². The van der Waals surface area contributed by atoms with Crippen LogP contribution < -0.4 is 15.8 Å². The largest absolute Gasteiger partial charge is 0.455 e. The molecule has 2 aromatic rings. The third kappa shape index (κ3) is 4.07. The van der Waals surface area contributed by atoms with E-state index in [0.717, 1.165) is 11.3 Å². The molecule has 3 N–H and O–H groups in total. The van der Waals surface area contributed by atoms with Crippen molar-refractivity contribution in [2.45, 2.75) is 26.3 Å². The molecule has 0 aliphatic heterocycles. The minimum Gasteiger partial charge on any atom is -0.455 e. The average molecular weight is 284 g/mol. The first-order valence-electron chi connectivity index (χ1n) is 7.00. The molecule has 0 fully saturated rings. The van der Waals surface area contributed by atoms with Crippen molar-refractivity contribution in [1.82, 2.24) is 0 Å². The highest BCUT2D eigenvalue weighted by atomic mass is 16.5. The van der Waals surface area contributed by atoms with Crippen molar-refractivity contribution in [3.05, 3.63) is 54.1 Å². The lowest BCUT2D eigenvalue weighted by Crippen LogP contribution is -2.34. The maximum Gasteiger partial charge on any atom is 0.241 e. The summed E-state index contributed by atoms with van der Waals surface area (Å²) in [6, 6.07) is 14.5. The molecule has 2 aromatic carbocycles. The van der Waals surface area contributed by atoms with Gasteiger partial charge in [0.15, 0.2) is 5.75 Å². The molecular weight excluding hydrogens is 264 g/mol. The summed E-state index contributed by atoms with van der Waals surface area (Å²) < 4.78 is 5.85. The van der Waals surface area contributed by atoms with Crippen molar-refractivity contribution in [2.75, 3.05) is 5.32 Å². The van der Waals surface area contributed by atoms with E-state index < -0.39 is 6.04 Å². The molecule has 4 nitrogen and oxygen atoms in total. The van der Waals surface area contributed by atoms with Crippen LogP contribution >= 0.6 is 0 Å². The van der Waals surface area contributed by atoms with Gasteiger partial charge in [-0.1, -0.05) is 31.2 Å². The van der Waals surface area contributed by atoms with Crippen LogP contribution in [0.4, 0.5) is 5.69 Å². The van der Waals surface area contributed by atoms with E-state index in [0.29, 0.717) is 17.9 Å². The first-order valence-corrected chi connectivity index (χ1v) is 7.00. The summed E-state index contributed by atoms with van der Waals surface area (Å²) in [4.78, 5) is 11.9. The van der Waals surface area contributed by atoms with Crippen LogP contribution in [-0.4, -0.2) is 11.9 Å². The molecule has 0 saturated carbocycles. The standard InChI is InChI=1S/C17H20N2O2/c1-3-14(18)17(20)19-15-9-4-5-10-16(15)21-13-8-6-7-12(2)11-13/h4-11,14H,3,18H2,1-2H3,(H,19,20)/t14-/m1/s1. The van der Waals surface area contributed by atoms with Crippen LogP contribution in [0.3, 0.4) is 0 Å². The number of hydrogen-bond donors (Lipinski definition) is 2. The van der Waals surface area contributed by atoms with Crippen LogP contribution in [0.2, 0.25) is 0 Å². The molecule has 0 radical (unpaired) electrons. The number of anilines is 1. The summed E-state index contributed by atoms with van der Waals surface area (Å²) in [5.41, 5.74) is 7.47. The Morgan fingerprint density at radius 3 is 2.71 bits per heavy atom. The number of carbonyl (C=O) groups is 1. The first-order chi connectivity index (χ1) is 10.1. The Hall–Kier alpha value is -2.33. The van der Waals surface area contributed by atoms with Gasteiger partial charge in [-0.15, -0.1) is 0 Å². The second-order valence-electron chi connectivity index (χ2n) is 4.92. The second-order valence-corrected chi connectivity index (χ2v) is 4.92. The molecule has 4 heteroatoms. The number of para-hydroxylation sites is 2. The number of nitrogens with two attached hydrogens (primary N) is 1. The van der Waals surface area contributed by atoms with E-state index in [2.05, 4.69) is 5.32 Å². The highest BCUT2D eigenvalue weighted by molar-refractivity contribution is 5.95. The van der Waals surface area contributed by atoms with E-state index >= 15 is 0 Å². The molecule has 0 aromatic heterocycles. The van der Waals surface area contributed by atoms with Gasteiger partial charge in [0, 0.05) is 0 Å². The number of rotatable bonds is 5. The van der Waals surface area contributed by atoms with Crippen LogP contribution in [0.15, 0.2) is 48.5 Å². The van der Waals surface area contributed by atoms with Gasteiger partial charge in [-0.05, 0) is 43.2 Å².